The molecule has 0 aliphatic carbocycles. The van der Waals surface area contributed by atoms with Crippen molar-refractivity contribution in [3.8, 4) is 0 Å². The Morgan fingerprint density at radius 1 is 1.62 bits per heavy atom. The van der Waals surface area contributed by atoms with Crippen molar-refractivity contribution in [1.82, 2.24) is 4.90 Å². The molecule has 0 aromatic rings. The number of nitrogens with zero attached hydrogens (tertiary/aromatic N) is 1. The van der Waals surface area contributed by atoms with Crippen LogP contribution in [0.25, 0.3) is 0 Å². The average molecular weight is 190 g/mol. The Bertz CT molecular complexity index is 216. The van der Waals surface area contributed by atoms with Crippen molar-refractivity contribution in [3.05, 3.63) is 24.0 Å². The first-order valence-electron chi connectivity index (χ1n) is 3.94. The first-order valence-corrected chi connectivity index (χ1v) is 3.94. The zero-order chi connectivity index (χ0) is 10.6. The molecule has 4 heteroatoms. The summed E-state index contributed by atoms with van der Waals surface area (Å²) in [5, 5.41) is 0. The molecule has 0 radical (unpaired) electrons. The van der Waals surface area contributed by atoms with Crippen molar-refractivity contribution in [3.63, 3.8) is 0 Å². The lowest BCUT2D eigenvalue weighted by atomic mass is 10.2. The average Bonchev–Trinajstić information content (AvgIpc) is 1.98. The van der Waals surface area contributed by atoms with Crippen molar-refractivity contribution >= 4 is 0 Å². The molecule has 0 amide bonds. The summed E-state index contributed by atoms with van der Waals surface area (Å²) in [6.07, 6.45) is 1.35. The van der Waals surface area contributed by atoms with Gasteiger partial charge in [0.05, 0.1) is 6.54 Å². The van der Waals surface area contributed by atoms with Gasteiger partial charge >= 0.3 is 0 Å². The molecule has 0 aromatic heterocycles. The normalized spacial score (nSPS) is 12.8. The molecule has 0 bridgehead atoms. The van der Waals surface area contributed by atoms with Gasteiger partial charge in [0.25, 0.3) is 5.92 Å². The second-order valence-electron chi connectivity index (χ2n) is 3.22. The Hall–Kier alpha value is -1.06. The fraction of sp³-hybridized carbons (Fsp3) is 0.556. The van der Waals surface area contributed by atoms with Crippen LogP contribution in [0.4, 0.5) is 8.78 Å². The number of hydrogen-bond donors (Lipinski definition) is 1. The predicted molar refractivity (Wildman–Crippen MR) is 50.3 cm³/mol. The van der Waals surface area contributed by atoms with Crippen molar-refractivity contribution < 1.29 is 8.78 Å². The highest BCUT2D eigenvalue weighted by Crippen LogP contribution is 2.17. The van der Waals surface area contributed by atoms with E-state index in [1.54, 1.807) is 14.0 Å². The van der Waals surface area contributed by atoms with E-state index in [-0.39, 0.29) is 6.54 Å². The van der Waals surface area contributed by atoms with E-state index in [2.05, 4.69) is 6.58 Å². The third kappa shape index (κ3) is 4.50. The van der Waals surface area contributed by atoms with E-state index in [9.17, 15) is 8.78 Å². The maximum atomic E-state index is 12.6. The summed E-state index contributed by atoms with van der Waals surface area (Å²) in [4.78, 5) is 1.39. The summed E-state index contributed by atoms with van der Waals surface area (Å²) in [5.74, 6) is -2.72. The van der Waals surface area contributed by atoms with Crippen molar-refractivity contribution in [2.45, 2.75) is 19.8 Å². The molecule has 0 heterocycles. The van der Waals surface area contributed by atoms with Gasteiger partial charge in [0.1, 0.15) is 0 Å². The third-order valence-electron chi connectivity index (χ3n) is 1.68. The van der Waals surface area contributed by atoms with Crippen molar-refractivity contribution in [2.24, 2.45) is 5.73 Å². The number of nitrogens with two attached hydrogens (primary N) is 1. The number of halogens is 2. The summed E-state index contributed by atoms with van der Waals surface area (Å²) in [6, 6.07) is 0. The molecule has 0 spiro atoms. The van der Waals surface area contributed by atoms with Gasteiger partial charge in [-0.25, -0.2) is 8.78 Å². The molecule has 0 fully saturated rings. The molecule has 0 aliphatic heterocycles. The smallest absolute Gasteiger partial charge is 0.262 e. The molecule has 76 valence electrons. The molecule has 2 nitrogen and oxygen atoms in total. The minimum Gasteiger partial charge on any atom is -0.404 e. The van der Waals surface area contributed by atoms with E-state index in [4.69, 9.17) is 5.73 Å². The highest BCUT2D eigenvalue weighted by molar-refractivity contribution is 5.23. The van der Waals surface area contributed by atoms with Crippen LogP contribution in [-0.4, -0.2) is 24.4 Å². The van der Waals surface area contributed by atoms with Crippen LogP contribution in [0.1, 0.15) is 13.8 Å². The lowest BCUT2D eigenvalue weighted by Gasteiger charge is -2.25. The minimum absolute atomic E-state index is 0.350. The number of allylic oxidation sites excluding steroid dienone is 1. The van der Waals surface area contributed by atoms with Crippen molar-refractivity contribution in [1.29, 1.82) is 0 Å². The summed E-state index contributed by atoms with van der Waals surface area (Å²) in [5.41, 5.74) is 6.46. The standard InChI is InChI=1S/C9H16F2N2/c1-7(5-12)8(2)13(4)6-9(3,10)11/h5H,2,6,12H2,1,3-4H3/b7-5+. The number of likely N-dealkylation sites (N-methyl/N-ethyl adjacent to an activating group) is 1. The number of rotatable bonds is 4. The highest BCUT2D eigenvalue weighted by atomic mass is 19.3. The van der Waals surface area contributed by atoms with Gasteiger partial charge in [-0.2, -0.15) is 0 Å². The zero-order valence-corrected chi connectivity index (χ0v) is 8.27. The van der Waals surface area contributed by atoms with E-state index < -0.39 is 5.92 Å². The zero-order valence-electron chi connectivity index (χ0n) is 8.27. The Labute approximate surface area is 77.7 Å². The lowest BCUT2D eigenvalue weighted by Crippen LogP contribution is -2.31. The van der Waals surface area contributed by atoms with Crippen molar-refractivity contribution in [2.75, 3.05) is 13.6 Å². The summed E-state index contributed by atoms with van der Waals surface area (Å²) >= 11 is 0. The van der Waals surface area contributed by atoms with E-state index >= 15 is 0 Å². The molecule has 0 rings (SSSR count). The first-order chi connectivity index (χ1) is 5.78. The molecule has 0 atom stereocenters. The molecule has 2 N–H and O–H groups in total. The second-order valence-corrected chi connectivity index (χ2v) is 3.22. The topological polar surface area (TPSA) is 29.3 Å². The predicted octanol–water partition coefficient (Wildman–Crippen LogP) is 1.95. The third-order valence-corrected chi connectivity index (χ3v) is 1.68. The Morgan fingerprint density at radius 2 is 2.08 bits per heavy atom. The van der Waals surface area contributed by atoms with E-state index in [1.807, 2.05) is 0 Å². The van der Waals surface area contributed by atoms with Gasteiger partial charge in [0.15, 0.2) is 0 Å². The Balaban J connectivity index is 4.29. The molecule has 0 aliphatic rings. The van der Waals surface area contributed by atoms with Crippen LogP contribution in [0, 0.1) is 0 Å². The van der Waals surface area contributed by atoms with Crippen LogP contribution in [0.3, 0.4) is 0 Å². The number of hydrogen-bond acceptors (Lipinski definition) is 2. The molecular weight excluding hydrogens is 174 g/mol. The summed E-state index contributed by atoms with van der Waals surface area (Å²) in [7, 11) is 1.56. The number of alkyl halides is 2. The van der Waals surface area contributed by atoms with Crippen LogP contribution in [0.15, 0.2) is 24.0 Å². The Morgan fingerprint density at radius 3 is 2.38 bits per heavy atom. The van der Waals surface area contributed by atoms with Gasteiger partial charge in [-0.05, 0) is 18.7 Å². The highest BCUT2D eigenvalue weighted by Gasteiger charge is 2.24. The van der Waals surface area contributed by atoms with Crippen LogP contribution < -0.4 is 5.73 Å². The quantitative estimate of drug-likeness (QED) is 0.686. The molecule has 13 heavy (non-hydrogen) atoms. The molecular formula is C9H16F2N2. The Kier molecular flexibility index (Phi) is 3.91. The van der Waals surface area contributed by atoms with Crippen LogP contribution >= 0.6 is 0 Å². The van der Waals surface area contributed by atoms with E-state index in [1.165, 1.54) is 11.1 Å². The summed E-state index contributed by atoms with van der Waals surface area (Å²) in [6.45, 7) is 5.91. The van der Waals surface area contributed by atoms with E-state index in [0.29, 0.717) is 11.3 Å². The molecule has 0 saturated heterocycles. The molecule has 0 saturated carbocycles. The van der Waals surface area contributed by atoms with Gasteiger partial charge in [-0.15, -0.1) is 0 Å². The van der Waals surface area contributed by atoms with E-state index in [0.717, 1.165) is 6.92 Å². The fourth-order valence-corrected chi connectivity index (χ4v) is 0.909. The van der Waals surface area contributed by atoms with Crippen LogP contribution in [-0.2, 0) is 0 Å². The summed E-state index contributed by atoms with van der Waals surface area (Å²) < 4.78 is 25.1. The maximum absolute atomic E-state index is 12.6. The van der Waals surface area contributed by atoms with Gasteiger partial charge in [0.2, 0.25) is 0 Å². The van der Waals surface area contributed by atoms with Gasteiger partial charge in [-0.1, -0.05) is 6.58 Å². The minimum atomic E-state index is -2.72. The van der Waals surface area contributed by atoms with Gasteiger partial charge in [-0.3, -0.25) is 0 Å². The monoisotopic (exact) mass is 190 g/mol. The fourth-order valence-electron chi connectivity index (χ4n) is 0.909. The SMILES string of the molecule is C=C(/C(C)=C/N)N(C)CC(C)(F)F. The van der Waals surface area contributed by atoms with Gasteiger partial charge in [0, 0.05) is 19.7 Å². The largest absolute Gasteiger partial charge is 0.404 e. The molecule has 0 aromatic carbocycles. The van der Waals surface area contributed by atoms with Gasteiger partial charge < -0.3 is 10.6 Å². The van der Waals surface area contributed by atoms with Crippen LogP contribution in [0.5, 0.6) is 0 Å². The van der Waals surface area contributed by atoms with Crippen LogP contribution in [0.2, 0.25) is 0 Å². The lowest BCUT2D eigenvalue weighted by molar-refractivity contribution is -0.0000272. The maximum Gasteiger partial charge on any atom is 0.262 e. The molecule has 0 unspecified atom stereocenters. The second kappa shape index (κ2) is 4.25. The first kappa shape index (κ1) is 11.9.